The Morgan fingerprint density at radius 2 is 1.95 bits per heavy atom. The van der Waals surface area contributed by atoms with Crippen molar-refractivity contribution in [3.8, 4) is 5.75 Å². The fourth-order valence-corrected chi connectivity index (χ4v) is 3.24. The van der Waals surface area contributed by atoms with Gasteiger partial charge >= 0.3 is 0 Å². The number of H-pyrrole nitrogens is 1. The van der Waals surface area contributed by atoms with Crippen LogP contribution >= 0.6 is 0 Å². The summed E-state index contributed by atoms with van der Waals surface area (Å²) in [5, 5.41) is 10.3. The number of nitrogens with one attached hydrogen (secondary N) is 1. The molecule has 1 aliphatic rings. The molecule has 2 N–H and O–H groups in total. The molecule has 0 radical (unpaired) electrons. The first-order valence-electron chi connectivity index (χ1n) is 7.48. The number of aromatic hydroxyl groups is 1. The van der Waals surface area contributed by atoms with Gasteiger partial charge in [-0.3, -0.25) is 4.90 Å². The van der Waals surface area contributed by atoms with E-state index in [0.29, 0.717) is 0 Å². The second kappa shape index (κ2) is 5.14. The van der Waals surface area contributed by atoms with Crippen LogP contribution in [0.2, 0.25) is 0 Å². The number of fused-ring (bicyclic) bond motifs is 3. The standard InChI is InChI=1S/C18H17FN2O/c19-13-3-6-17-15(9-13)16-11-21(8-7-18(16)20-17)10-12-1-4-14(22)5-2-12/h1-6,9,20,22H,7-8,10-11H2. The molecular weight excluding hydrogens is 279 g/mol. The van der Waals surface area contributed by atoms with Crippen LogP contribution in [0.25, 0.3) is 10.9 Å². The number of hydrogen-bond donors (Lipinski definition) is 2. The maximum atomic E-state index is 13.5. The third-order valence-electron chi connectivity index (χ3n) is 4.36. The molecule has 0 saturated carbocycles. The molecular formula is C18H17FN2O. The number of hydrogen-bond acceptors (Lipinski definition) is 2. The molecule has 0 bridgehead atoms. The first kappa shape index (κ1) is 13.3. The molecule has 0 spiro atoms. The second-order valence-corrected chi connectivity index (χ2v) is 5.90. The number of aromatic amines is 1. The number of nitrogens with zero attached hydrogens (tertiary/aromatic N) is 1. The highest BCUT2D eigenvalue weighted by atomic mass is 19.1. The fraction of sp³-hybridized carbons (Fsp3) is 0.222. The van der Waals surface area contributed by atoms with Gasteiger partial charge in [0.15, 0.2) is 0 Å². The van der Waals surface area contributed by atoms with E-state index >= 15 is 0 Å². The van der Waals surface area contributed by atoms with E-state index in [-0.39, 0.29) is 11.6 Å². The molecule has 2 heterocycles. The average Bonchev–Trinajstić information content (AvgIpc) is 2.87. The molecule has 0 atom stereocenters. The fourth-order valence-electron chi connectivity index (χ4n) is 3.24. The van der Waals surface area contributed by atoms with Crippen LogP contribution in [-0.4, -0.2) is 21.5 Å². The lowest BCUT2D eigenvalue weighted by Crippen LogP contribution is -2.29. The maximum absolute atomic E-state index is 13.5. The molecule has 0 saturated heterocycles. The van der Waals surface area contributed by atoms with Crippen LogP contribution in [0.5, 0.6) is 5.75 Å². The van der Waals surface area contributed by atoms with Gasteiger partial charge in [-0.25, -0.2) is 4.39 Å². The zero-order valence-electron chi connectivity index (χ0n) is 12.1. The molecule has 112 valence electrons. The number of phenolic OH excluding ortho intramolecular Hbond substituents is 1. The van der Waals surface area contributed by atoms with E-state index in [1.54, 1.807) is 18.2 Å². The van der Waals surface area contributed by atoms with E-state index in [4.69, 9.17) is 0 Å². The largest absolute Gasteiger partial charge is 0.508 e. The van der Waals surface area contributed by atoms with Crippen LogP contribution in [0.3, 0.4) is 0 Å². The van der Waals surface area contributed by atoms with Crippen molar-refractivity contribution in [1.29, 1.82) is 0 Å². The normalized spacial score (nSPS) is 15.1. The summed E-state index contributed by atoms with van der Waals surface area (Å²) in [7, 11) is 0. The van der Waals surface area contributed by atoms with Crippen molar-refractivity contribution in [3.63, 3.8) is 0 Å². The summed E-state index contributed by atoms with van der Waals surface area (Å²) in [6.07, 6.45) is 0.948. The van der Waals surface area contributed by atoms with Crippen LogP contribution < -0.4 is 0 Å². The quantitative estimate of drug-likeness (QED) is 0.759. The van der Waals surface area contributed by atoms with E-state index in [9.17, 15) is 9.50 Å². The minimum absolute atomic E-state index is 0.190. The summed E-state index contributed by atoms with van der Waals surface area (Å²) in [4.78, 5) is 5.76. The highest BCUT2D eigenvalue weighted by molar-refractivity contribution is 5.84. The van der Waals surface area contributed by atoms with Gasteiger partial charge in [0, 0.05) is 42.7 Å². The van der Waals surface area contributed by atoms with Crippen molar-refractivity contribution < 1.29 is 9.50 Å². The van der Waals surface area contributed by atoms with Gasteiger partial charge in [0.1, 0.15) is 11.6 Å². The Balaban J connectivity index is 1.61. The highest BCUT2D eigenvalue weighted by Gasteiger charge is 2.20. The Morgan fingerprint density at radius 1 is 1.14 bits per heavy atom. The molecule has 3 nitrogen and oxygen atoms in total. The van der Waals surface area contributed by atoms with E-state index in [2.05, 4.69) is 9.88 Å². The topological polar surface area (TPSA) is 39.3 Å². The Morgan fingerprint density at radius 3 is 2.77 bits per heavy atom. The molecule has 0 fully saturated rings. The predicted molar refractivity (Wildman–Crippen MR) is 84.2 cm³/mol. The predicted octanol–water partition coefficient (Wildman–Crippen LogP) is 3.57. The summed E-state index contributed by atoms with van der Waals surface area (Å²) in [6, 6.07) is 12.2. The SMILES string of the molecule is Oc1ccc(CN2CCc3[nH]c4ccc(F)cc4c3C2)cc1. The molecule has 0 amide bonds. The number of benzene rings is 2. The number of halogens is 1. The Hall–Kier alpha value is -2.33. The molecule has 22 heavy (non-hydrogen) atoms. The van der Waals surface area contributed by atoms with Crippen molar-refractivity contribution in [2.24, 2.45) is 0 Å². The van der Waals surface area contributed by atoms with E-state index in [0.717, 1.165) is 37.0 Å². The zero-order chi connectivity index (χ0) is 15.1. The molecule has 0 unspecified atom stereocenters. The molecule has 4 heteroatoms. The molecule has 3 aromatic rings. The van der Waals surface area contributed by atoms with Gasteiger partial charge in [-0.15, -0.1) is 0 Å². The van der Waals surface area contributed by atoms with Crippen LogP contribution in [0, 0.1) is 5.82 Å². The third-order valence-corrected chi connectivity index (χ3v) is 4.36. The first-order chi connectivity index (χ1) is 10.7. The van der Waals surface area contributed by atoms with Gasteiger partial charge in [-0.2, -0.15) is 0 Å². The molecule has 2 aromatic carbocycles. The minimum atomic E-state index is -0.190. The van der Waals surface area contributed by atoms with Gasteiger partial charge in [0.25, 0.3) is 0 Å². The zero-order valence-corrected chi connectivity index (χ0v) is 12.1. The number of phenols is 1. The summed E-state index contributed by atoms with van der Waals surface area (Å²) < 4.78 is 13.5. The van der Waals surface area contributed by atoms with Gasteiger partial charge < -0.3 is 10.1 Å². The maximum Gasteiger partial charge on any atom is 0.123 e. The van der Waals surface area contributed by atoms with Crippen LogP contribution in [0.15, 0.2) is 42.5 Å². The summed E-state index contributed by atoms with van der Waals surface area (Å²) >= 11 is 0. The molecule has 1 aliphatic heterocycles. The summed E-state index contributed by atoms with van der Waals surface area (Å²) in [6.45, 7) is 2.63. The Labute approximate surface area is 128 Å². The monoisotopic (exact) mass is 296 g/mol. The smallest absolute Gasteiger partial charge is 0.123 e. The Bertz CT molecular complexity index is 823. The van der Waals surface area contributed by atoms with Gasteiger partial charge in [0.2, 0.25) is 0 Å². The van der Waals surface area contributed by atoms with Crippen molar-refractivity contribution in [2.45, 2.75) is 19.5 Å². The van der Waals surface area contributed by atoms with Crippen LogP contribution in [0.1, 0.15) is 16.8 Å². The second-order valence-electron chi connectivity index (χ2n) is 5.90. The van der Waals surface area contributed by atoms with Crippen molar-refractivity contribution >= 4 is 10.9 Å². The average molecular weight is 296 g/mol. The Kier molecular flexibility index (Phi) is 3.12. The van der Waals surface area contributed by atoms with Gasteiger partial charge in [-0.1, -0.05) is 12.1 Å². The number of rotatable bonds is 2. The van der Waals surface area contributed by atoms with E-state index in [1.165, 1.54) is 22.9 Å². The lowest BCUT2D eigenvalue weighted by Gasteiger charge is -2.27. The molecule has 1 aromatic heterocycles. The van der Waals surface area contributed by atoms with Crippen molar-refractivity contribution in [2.75, 3.05) is 6.54 Å². The molecule has 0 aliphatic carbocycles. The number of aromatic nitrogens is 1. The molecule has 4 rings (SSSR count). The third kappa shape index (κ3) is 2.35. The lowest BCUT2D eigenvalue weighted by molar-refractivity contribution is 0.245. The lowest BCUT2D eigenvalue weighted by atomic mass is 10.0. The first-order valence-corrected chi connectivity index (χ1v) is 7.48. The van der Waals surface area contributed by atoms with E-state index < -0.39 is 0 Å². The van der Waals surface area contributed by atoms with Crippen LogP contribution in [0.4, 0.5) is 4.39 Å². The van der Waals surface area contributed by atoms with Gasteiger partial charge in [0.05, 0.1) is 0 Å². The van der Waals surface area contributed by atoms with Gasteiger partial charge in [-0.05, 0) is 41.5 Å². The van der Waals surface area contributed by atoms with Crippen molar-refractivity contribution in [3.05, 3.63) is 65.1 Å². The van der Waals surface area contributed by atoms with E-state index in [1.807, 2.05) is 18.2 Å². The van der Waals surface area contributed by atoms with Crippen LogP contribution in [-0.2, 0) is 19.5 Å². The highest BCUT2D eigenvalue weighted by Crippen LogP contribution is 2.29. The minimum Gasteiger partial charge on any atom is -0.508 e. The summed E-state index contributed by atoms with van der Waals surface area (Å²) in [5.74, 6) is 0.0988. The van der Waals surface area contributed by atoms with Crippen molar-refractivity contribution in [1.82, 2.24) is 9.88 Å². The summed E-state index contributed by atoms with van der Waals surface area (Å²) in [5.41, 5.74) is 4.62.